The molecule has 1 unspecified atom stereocenters. The minimum atomic E-state index is -0.561. The van der Waals surface area contributed by atoms with Crippen LogP contribution < -0.4 is 20.3 Å². The van der Waals surface area contributed by atoms with Crippen LogP contribution in [-0.2, 0) is 4.74 Å². The predicted molar refractivity (Wildman–Crippen MR) is 114 cm³/mol. The number of para-hydroxylation sites is 1. The molecule has 3 N–H and O–H groups in total. The molecule has 2 aromatic carbocycles. The number of aliphatic hydroxyl groups is 1. The summed E-state index contributed by atoms with van der Waals surface area (Å²) >= 11 is 3.49. The quantitative estimate of drug-likeness (QED) is 0.632. The minimum Gasteiger partial charge on any atom is -0.496 e. The van der Waals surface area contributed by atoms with Gasteiger partial charge in [-0.1, -0.05) is 24.3 Å². The molecule has 0 aromatic heterocycles. The fourth-order valence-electron chi connectivity index (χ4n) is 3.70. The summed E-state index contributed by atoms with van der Waals surface area (Å²) in [7, 11) is 1.58. The van der Waals surface area contributed by atoms with E-state index in [9.17, 15) is 9.59 Å². The smallest absolute Gasteiger partial charge is 0.414 e. The highest BCUT2D eigenvalue weighted by molar-refractivity contribution is 9.10. The third kappa shape index (κ3) is 3.61. The highest BCUT2D eigenvalue weighted by atomic mass is 79.9. The van der Waals surface area contributed by atoms with E-state index in [1.807, 2.05) is 36.4 Å². The van der Waals surface area contributed by atoms with E-state index in [0.29, 0.717) is 17.1 Å². The van der Waals surface area contributed by atoms with Crippen molar-refractivity contribution < 1.29 is 24.2 Å². The maximum Gasteiger partial charge on any atom is 0.414 e. The molecule has 0 saturated carbocycles. The van der Waals surface area contributed by atoms with Crippen molar-refractivity contribution in [3.8, 4) is 5.75 Å². The molecule has 1 atom stereocenters. The summed E-state index contributed by atoms with van der Waals surface area (Å²) in [6.45, 7) is -0.124. The normalized spacial score (nSPS) is 17.5. The van der Waals surface area contributed by atoms with Gasteiger partial charge in [-0.3, -0.25) is 4.90 Å². The lowest BCUT2D eigenvalue weighted by atomic mass is 9.89. The summed E-state index contributed by atoms with van der Waals surface area (Å²) < 4.78 is 11.2. The topological polar surface area (TPSA) is 100 Å². The van der Waals surface area contributed by atoms with Gasteiger partial charge < -0.3 is 25.2 Å². The third-order valence-corrected chi connectivity index (χ3v) is 5.64. The monoisotopic (exact) mass is 473 g/mol. The number of hydrogen-bond acceptors (Lipinski definition) is 5. The number of hydrogen-bond donors (Lipinski definition) is 3. The number of benzene rings is 2. The van der Waals surface area contributed by atoms with E-state index in [1.54, 1.807) is 13.2 Å². The van der Waals surface area contributed by atoms with Crippen LogP contribution in [0.3, 0.4) is 0 Å². The molecule has 9 heteroatoms. The molecular weight excluding hydrogens is 454 g/mol. The number of aliphatic hydroxyl groups excluding tert-OH is 1. The van der Waals surface area contributed by atoms with Crippen molar-refractivity contribution in [3.63, 3.8) is 0 Å². The Morgan fingerprint density at radius 2 is 2.10 bits per heavy atom. The van der Waals surface area contributed by atoms with Gasteiger partial charge in [0, 0.05) is 11.1 Å². The molecule has 0 fully saturated rings. The second-order valence-corrected chi connectivity index (χ2v) is 7.62. The number of ether oxygens (including phenoxy) is 2. The number of nitrogens with zero attached hydrogens (tertiary/aromatic N) is 1. The van der Waals surface area contributed by atoms with Crippen LogP contribution in [0.1, 0.15) is 17.2 Å². The number of carbonyl (C=O) groups is 2. The predicted octanol–water partition coefficient (Wildman–Crippen LogP) is 3.17. The number of anilines is 1. The van der Waals surface area contributed by atoms with Crippen LogP contribution in [0, 0.1) is 0 Å². The molecule has 4 rings (SSSR count). The molecule has 2 aromatic rings. The molecule has 2 aliphatic heterocycles. The van der Waals surface area contributed by atoms with Crippen molar-refractivity contribution in [2.24, 2.45) is 0 Å². The second kappa shape index (κ2) is 8.37. The number of nitrogens with one attached hydrogen (secondary N) is 2. The highest BCUT2D eigenvalue weighted by Crippen LogP contribution is 2.41. The Morgan fingerprint density at radius 3 is 2.83 bits per heavy atom. The van der Waals surface area contributed by atoms with Crippen LogP contribution in [0.5, 0.6) is 5.75 Å². The molecule has 8 nitrogen and oxygen atoms in total. The first-order chi connectivity index (χ1) is 14.5. The number of carbonyl (C=O) groups excluding carboxylic acids is 2. The molecule has 30 heavy (non-hydrogen) atoms. The van der Waals surface area contributed by atoms with E-state index in [1.165, 1.54) is 4.90 Å². The number of halogens is 1. The van der Waals surface area contributed by atoms with Gasteiger partial charge in [0.25, 0.3) is 0 Å². The molecular formula is C21H20BrN3O5. The summed E-state index contributed by atoms with van der Waals surface area (Å²) in [4.78, 5) is 26.6. The number of rotatable bonds is 4. The molecule has 2 heterocycles. The molecule has 0 spiro atoms. The first kappa shape index (κ1) is 20.2. The highest BCUT2D eigenvalue weighted by Gasteiger charge is 2.37. The van der Waals surface area contributed by atoms with E-state index >= 15 is 0 Å². The number of amides is 3. The fourth-order valence-corrected chi connectivity index (χ4v) is 4.26. The zero-order valence-corrected chi connectivity index (χ0v) is 17.7. The first-order valence-electron chi connectivity index (χ1n) is 9.32. The Kier molecular flexibility index (Phi) is 5.65. The molecule has 0 bridgehead atoms. The molecule has 156 valence electrons. The molecule has 0 aliphatic carbocycles. The van der Waals surface area contributed by atoms with Crippen LogP contribution in [0.15, 0.2) is 52.5 Å². The Bertz CT molecular complexity index is 1040. The van der Waals surface area contributed by atoms with Gasteiger partial charge in [0.15, 0.2) is 0 Å². The Labute approximate surface area is 181 Å². The van der Waals surface area contributed by atoms with Gasteiger partial charge in [0.1, 0.15) is 12.4 Å². The SMILES string of the molecule is COc1ccc(C2NC(=O)NC3=C2CN(C(=O)OCCO)c2ccccc23)cc1Br. The molecule has 3 amide bonds. The lowest BCUT2D eigenvalue weighted by molar-refractivity contribution is 0.125. The van der Waals surface area contributed by atoms with Gasteiger partial charge in [-0.2, -0.15) is 0 Å². The van der Waals surface area contributed by atoms with E-state index in [4.69, 9.17) is 14.6 Å². The van der Waals surface area contributed by atoms with Gasteiger partial charge in [0.2, 0.25) is 0 Å². The Balaban J connectivity index is 1.80. The second-order valence-electron chi connectivity index (χ2n) is 6.77. The fraction of sp³-hybridized carbons (Fsp3) is 0.238. The van der Waals surface area contributed by atoms with Crippen LogP contribution >= 0.6 is 15.9 Å². The van der Waals surface area contributed by atoms with E-state index in [2.05, 4.69) is 26.6 Å². The number of fused-ring (bicyclic) bond motifs is 2. The minimum absolute atomic E-state index is 0.0900. The summed E-state index contributed by atoms with van der Waals surface area (Å²) in [6, 6.07) is 12.1. The van der Waals surface area contributed by atoms with Gasteiger partial charge in [-0.05, 0) is 39.7 Å². The van der Waals surface area contributed by atoms with Gasteiger partial charge in [-0.25, -0.2) is 9.59 Å². The molecule has 0 radical (unpaired) electrons. The van der Waals surface area contributed by atoms with E-state index in [0.717, 1.165) is 21.2 Å². The lowest BCUT2D eigenvalue weighted by Crippen LogP contribution is -2.49. The first-order valence-corrected chi connectivity index (χ1v) is 10.1. The zero-order chi connectivity index (χ0) is 21.3. The van der Waals surface area contributed by atoms with Crippen LogP contribution in [0.25, 0.3) is 5.70 Å². The lowest BCUT2D eigenvalue weighted by Gasteiger charge is -2.38. The Morgan fingerprint density at radius 1 is 1.30 bits per heavy atom. The van der Waals surface area contributed by atoms with Crippen molar-refractivity contribution in [1.29, 1.82) is 0 Å². The maximum absolute atomic E-state index is 12.7. The van der Waals surface area contributed by atoms with Crippen molar-refractivity contribution in [3.05, 3.63) is 63.6 Å². The van der Waals surface area contributed by atoms with E-state index < -0.39 is 12.1 Å². The largest absolute Gasteiger partial charge is 0.496 e. The van der Waals surface area contributed by atoms with Crippen LogP contribution in [0.2, 0.25) is 0 Å². The van der Waals surface area contributed by atoms with Crippen molar-refractivity contribution >= 4 is 39.4 Å². The number of urea groups is 1. The summed E-state index contributed by atoms with van der Waals surface area (Å²) in [6.07, 6.45) is -0.561. The van der Waals surface area contributed by atoms with E-state index in [-0.39, 0.29) is 25.8 Å². The van der Waals surface area contributed by atoms with Crippen molar-refractivity contribution in [2.45, 2.75) is 6.04 Å². The maximum atomic E-state index is 12.7. The van der Waals surface area contributed by atoms with Crippen molar-refractivity contribution in [1.82, 2.24) is 10.6 Å². The zero-order valence-electron chi connectivity index (χ0n) is 16.1. The molecule has 2 aliphatic rings. The molecule has 0 saturated heterocycles. The standard InChI is InChI=1S/C21H20BrN3O5/c1-29-17-7-6-12(10-15(17)22)18-14-11-25(21(28)30-9-8-26)16-5-3-2-4-13(16)19(14)24-20(27)23-18/h2-7,10,18,26H,8-9,11H2,1H3,(H2,23,24,27). The summed E-state index contributed by atoms with van der Waals surface area (Å²) in [5.74, 6) is 0.677. The van der Waals surface area contributed by atoms with Gasteiger partial charge >= 0.3 is 12.1 Å². The average Bonchev–Trinajstić information content (AvgIpc) is 2.76. The van der Waals surface area contributed by atoms with Gasteiger partial charge in [-0.15, -0.1) is 0 Å². The van der Waals surface area contributed by atoms with Crippen LogP contribution in [-0.4, -0.2) is 44.1 Å². The van der Waals surface area contributed by atoms with Crippen LogP contribution in [0.4, 0.5) is 15.3 Å². The third-order valence-electron chi connectivity index (χ3n) is 5.02. The summed E-state index contributed by atoms with van der Waals surface area (Å²) in [5.41, 5.74) is 3.71. The summed E-state index contributed by atoms with van der Waals surface area (Å²) in [5, 5.41) is 14.8. The Hall–Kier alpha value is -3.04. The van der Waals surface area contributed by atoms with Gasteiger partial charge in [0.05, 0.1) is 42.2 Å². The van der Waals surface area contributed by atoms with Crippen molar-refractivity contribution in [2.75, 3.05) is 31.8 Å². The number of methoxy groups -OCH3 is 1. The average molecular weight is 474 g/mol.